The molecule has 34 heavy (non-hydrogen) atoms. The molecule has 0 saturated carbocycles. The van der Waals surface area contributed by atoms with Crippen molar-refractivity contribution in [2.24, 2.45) is 0 Å². The number of ether oxygens (including phenoxy) is 1. The van der Waals surface area contributed by atoms with Gasteiger partial charge in [0.05, 0.1) is 20.2 Å². The summed E-state index contributed by atoms with van der Waals surface area (Å²) in [5.74, 6) is -0.218. The monoisotopic (exact) mass is 477 g/mol. The van der Waals surface area contributed by atoms with Gasteiger partial charge in [0.15, 0.2) is 0 Å². The number of anilines is 1. The highest BCUT2D eigenvalue weighted by atomic mass is 28.3. The molecule has 5 nitrogen and oxygen atoms in total. The highest BCUT2D eigenvalue weighted by molar-refractivity contribution is 6.89. The summed E-state index contributed by atoms with van der Waals surface area (Å²) in [6.45, 7) is 13.5. The maximum atomic E-state index is 11.2. The Labute approximate surface area is 203 Å². The largest absolute Gasteiger partial charge is 0.491 e. The van der Waals surface area contributed by atoms with E-state index in [4.69, 9.17) is 4.74 Å². The summed E-state index contributed by atoms with van der Waals surface area (Å²) < 4.78 is 5.90. The Hall–Kier alpha value is -3.09. The lowest BCUT2D eigenvalue weighted by atomic mass is 9.97. The maximum absolute atomic E-state index is 11.2. The first-order valence-corrected chi connectivity index (χ1v) is 15.3. The molecule has 2 N–H and O–H groups in total. The summed E-state index contributed by atoms with van der Waals surface area (Å²) >= 11 is 0. The molecule has 0 unspecified atom stereocenters. The van der Waals surface area contributed by atoms with Crippen LogP contribution in [-0.2, 0) is 0 Å². The number of rotatable bonds is 10. The number of carbonyl (C=O) groups is 1. The van der Waals surface area contributed by atoms with Crippen LogP contribution in [0, 0.1) is 0 Å². The Kier molecular flexibility index (Phi) is 8.18. The van der Waals surface area contributed by atoms with Crippen molar-refractivity contribution < 1.29 is 19.7 Å². The average Bonchev–Trinajstić information content (AvgIpc) is 2.83. The van der Waals surface area contributed by atoms with E-state index in [0.717, 1.165) is 41.1 Å². The Morgan fingerprint density at radius 2 is 1.50 bits per heavy atom. The van der Waals surface area contributed by atoms with E-state index in [2.05, 4.69) is 62.7 Å². The van der Waals surface area contributed by atoms with Gasteiger partial charge in [-0.15, -0.1) is 0 Å². The van der Waals surface area contributed by atoms with Gasteiger partial charge in [0, 0.05) is 24.3 Å². The topological polar surface area (TPSA) is 70.0 Å². The second-order valence-corrected chi connectivity index (χ2v) is 14.4. The summed E-state index contributed by atoms with van der Waals surface area (Å²) in [5, 5.41) is 19.9. The number of aromatic carboxylic acids is 1. The maximum Gasteiger partial charge on any atom is 0.335 e. The van der Waals surface area contributed by atoms with Crippen LogP contribution in [0.15, 0.2) is 60.7 Å². The summed E-state index contributed by atoms with van der Waals surface area (Å²) in [5.41, 5.74) is 5.50. The molecular weight excluding hydrogens is 442 g/mol. The molecule has 0 aliphatic carbocycles. The van der Waals surface area contributed by atoms with E-state index in [1.807, 2.05) is 24.3 Å². The molecule has 0 spiro atoms. The standard InChI is InChI=1S/C28H35NO4Si/c1-6-29(7-2)25-14-12-23(19-27(25)34(3,4)5)24-18-22(13-15-26(24)33-17-16-30)20-8-10-21(11-9-20)28(31)32/h8-15,18-19,30H,6-7,16-17H2,1-5H3,(H,31,32). The van der Waals surface area contributed by atoms with E-state index in [1.54, 1.807) is 12.1 Å². The van der Waals surface area contributed by atoms with Crippen LogP contribution in [-0.4, -0.2) is 50.6 Å². The molecule has 3 aromatic carbocycles. The van der Waals surface area contributed by atoms with Crippen molar-refractivity contribution in [3.8, 4) is 28.0 Å². The van der Waals surface area contributed by atoms with Gasteiger partial charge in [-0.3, -0.25) is 0 Å². The number of benzene rings is 3. The molecule has 0 saturated heterocycles. The fourth-order valence-corrected chi connectivity index (χ4v) is 5.76. The predicted octanol–water partition coefficient (Wildman–Crippen LogP) is 5.48. The second-order valence-electron chi connectivity index (χ2n) is 9.32. The van der Waals surface area contributed by atoms with Gasteiger partial charge >= 0.3 is 5.97 Å². The number of aliphatic hydroxyl groups excluding tert-OH is 1. The van der Waals surface area contributed by atoms with Crippen LogP contribution in [0.25, 0.3) is 22.3 Å². The van der Waals surface area contributed by atoms with E-state index in [9.17, 15) is 15.0 Å². The highest BCUT2D eigenvalue weighted by Gasteiger charge is 2.24. The van der Waals surface area contributed by atoms with Crippen LogP contribution in [0.4, 0.5) is 5.69 Å². The molecule has 0 heterocycles. The minimum absolute atomic E-state index is 0.0567. The minimum Gasteiger partial charge on any atom is -0.491 e. The molecule has 3 rings (SSSR count). The molecule has 6 heteroatoms. The first-order valence-electron chi connectivity index (χ1n) is 11.8. The van der Waals surface area contributed by atoms with Crippen LogP contribution in [0.3, 0.4) is 0 Å². The molecule has 0 aromatic heterocycles. The summed E-state index contributed by atoms with van der Waals surface area (Å²) in [6, 6.07) is 19.6. The zero-order valence-corrected chi connectivity index (χ0v) is 21.8. The predicted molar refractivity (Wildman–Crippen MR) is 143 cm³/mol. The van der Waals surface area contributed by atoms with Crippen molar-refractivity contribution >= 4 is 24.9 Å². The summed E-state index contributed by atoms with van der Waals surface area (Å²) in [4.78, 5) is 13.6. The third-order valence-electron chi connectivity index (χ3n) is 6.01. The number of aliphatic hydroxyl groups is 1. The van der Waals surface area contributed by atoms with Gasteiger partial charge < -0.3 is 19.8 Å². The van der Waals surface area contributed by atoms with Crippen molar-refractivity contribution in [2.75, 3.05) is 31.2 Å². The van der Waals surface area contributed by atoms with Crippen LogP contribution in [0.1, 0.15) is 24.2 Å². The van der Waals surface area contributed by atoms with Gasteiger partial charge in [0.25, 0.3) is 0 Å². The van der Waals surface area contributed by atoms with Gasteiger partial charge in [-0.2, -0.15) is 0 Å². The Balaban J connectivity index is 2.15. The minimum atomic E-state index is -1.65. The number of hydrogen-bond donors (Lipinski definition) is 2. The van der Waals surface area contributed by atoms with E-state index < -0.39 is 14.0 Å². The lowest BCUT2D eigenvalue weighted by Crippen LogP contribution is -2.42. The summed E-state index contributed by atoms with van der Waals surface area (Å²) in [6.07, 6.45) is 0. The first-order chi connectivity index (χ1) is 16.2. The van der Waals surface area contributed by atoms with E-state index in [0.29, 0.717) is 0 Å². The fraction of sp³-hybridized carbons (Fsp3) is 0.321. The quantitative estimate of drug-likeness (QED) is 0.378. The smallest absolute Gasteiger partial charge is 0.335 e. The average molecular weight is 478 g/mol. The van der Waals surface area contributed by atoms with Gasteiger partial charge in [-0.25, -0.2) is 4.79 Å². The second kappa shape index (κ2) is 10.9. The summed E-state index contributed by atoms with van der Waals surface area (Å²) in [7, 11) is -1.65. The number of hydrogen-bond acceptors (Lipinski definition) is 4. The van der Waals surface area contributed by atoms with E-state index >= 15 is 0 Å². The van der Waals surface area contributed by atoms with E-state index in [1.165, 1.54) is 10.9 Å². The van der Waals surface area contributed by atoms with Crippen LogP contribution >= 0.6 is 0 Å². The molecule has 0 amide bonds. The molecule has 0 bridgehead atoms. The lowest BCUT2D eigenvalue weighted by molar-refractivity contribution is 0.0697. The Bertz CT molecular complexity index is 1130. The van der Waals surface area contributed by atoms with Crippen molar-refractivity contribution in [1.29, 1.82) is 0 Å². The Morgan fingerprint density at radius 3 is 2.06 bits per heavy atom. The lowest BCUT2D eigenvalue weighted by Gasteiger charge is -2.30. The van der Waals surface area contributed by atoms with Gasteiger partial charge in [0.2, 0.25) is 0 Å². The van der Waals surface area contributed by atoms with Gasteiger partial charge in [-0.05, 0) is 66.1 Å². The van der Waals surface area contributed by atoms with E-state index in [-0.39, 0.29) is 18.8 Å². The van der Waals surface area contributed by atoms with Crippen LogP contribution < -0.4 is 14.8 Å². The normalized spacial score (nSPS) is 11.4. The first kappa shape index (κ1) is 25.5. The van der Waals surface area contributed by atoms with Gasteiger partial charge in [0.1, 0.15) is 12.4 Å². The SMILES string of the molecule is CCN(CC)c1ccc(-c2cc(-c3ccc(C(=O)O)cc3)ccc2OCCO)cc1[Si](C)(C)C. The molecule has 0 aliphatic rings. The van der Waals surface area contributed by atoms with Crippen molar-refractivity contribution in [3.63, 3.8) is 0 Å². The molecule has 0 radical (unpaired) electrons. The van der Waals surface area contributed by atoms with Crippen LogP contribution in [0.2, 0.25) is 19.6 Å². The molecule has 3 aromatic rings. The van der Waals surface area contributed by atoms with Crippen LogP contribution in [0.5, 0.6) is 5.75 Å². The third-order valence-corrected chi connectivity index (χ3v) is 8.03. The molecule has 0 atom stereocenters. The molecule has 180 valence electrons. The number of carboxylic acids is 1. The van der Waals surface area contributed by atoms with Gasteiger partial charge in [-0.1, -0.05) is 50.0 Å². The fourth-order valence-electron chi connectivity index (χ4n) is 4.17. The van der Waals surface area contributed by atoms with Crippen molar-refractivity contribution in [1.82, 2.24) is 0 Å². The highest BCUT2D eigenvalue weighted by Crippen LogP contribution is 2.35. The zero-order chi connectivity index (χ0) is 24.9. The number of carboxylic acid groups (broad SMARTS) is 1. The van der Waals surface area contributed by atoms with Crippen molar-refractivity contribution in [3.05, 3.63) is 66.2 Å². The zero-order valence-electron chi connectivity index (χ0n) is 20.8. The third kappa shape index (κ3) is 5.69. The number of nitrogens with zero attached hydrogens (tertiary/aromatic N) is 1. The molecule has 0 fully saturated rings. The molecule has 0 aliphatic heterocycles. The molecular formula is C28H35NO4Si. The Morgan fingerprint density at radius 1 is 0.882 bits per heavy atom. The van der Waals surface area contributed by atoms with Crippen molar-refractivity contribution in [2.45, 2.75) is 33.5 Å².